The predicted octanol–water partition coefficient (Wildman–Crippen LogP) is 3.26. The van der Waals surface area contributed by atoms with Crippen LogP contribution in [0.3, 0.4) is 0 Å². The Labute approximate surface area is 126 Å². The average Bonchev–Trinajstić information content (AvgIpc) is 2.53. The molecule has 112 valence electrons. The average molecular weight is 286 g/mol. The molecule has 0 amide bonds. The van der Waals surface area contributed by atoms with E-state index in [2.05, 4.69) is 23.3 Å². The van der Waals surface area contributed by atoms with E-state index in [0.29, 0.717) is 0 Å². The summed E-state index contributed by atoms with van der Waals surface area (Å²) in [5.74, 6) is 1.69. The number of rotatable bonds is 6. The van der Waals surface area contributed by atoms with Gasteiger partial charge in [0.2, 0.25) is 0 Å². The van der Waals surface area contributed by atoms with Crippen molar-refractivity contribution < 1.29 is 9.47 Å². The number of nitrogens with one attached hydrogen (secondary N) is 1. The van der Waals surface area contributed by atoms with E-state index in [1.165, 1.54) is 0 Å². The molecule has 1 heterocycles. The zero-order valence-electron chi connectivity index (χ0n) is 13.0. The molecule has 1 N–H and O–H groups in total. The number of hydrogen-bond acceptors (Lipinski definition) is 4. The fourth-order valence-corrected chi connectivity index (χ4v) is 2.16. The molecule has 1 aromatic carbocycles. The summed E-state index contributed by atoms with van der Waals surface area (Å²) < 4.78 is 10.7. The van der Waals surface area contributed by atoms with Crippen molar-refractivity contribution >= 4 is 0 Å². The van der Waals surface area contributed by atoms with Crippen LogP contribution >= 0.6 is 0 Å². The van der Waals surface area contributed by atoms with Gasteiger partial charge in [-0.25, -0.2) is 0 Å². The Bertz CT molecular complexity index is 582. The minimum absolute atomic E-state index is 0.149. The van der Waals surface area contributed by atoms with Crippen molar-refractivity contribution in [1.29, 1.82) is 0 Å². The highest BCUT2D eigenvalue weighted by Gasteiger charge is 2.12. The molecule has 0 aliphatic rings. The molecular formula is C17H22N2O2. The molecule has 4 heteroatoms. The third-order valence-electron chi connectivity index (χ3n) is 3.49. The predicted molar refractivity (Wildman–Crippen MR) is 83.8 cm³/mol. The number of pyridine rings is 1. The first-order chi connectivity index (χ1) is 10.1. The maximum absolute atomic E-state index is 5.43. The Balaban J connectivity index is 2.08. The molecule has 4 nitrogen and oxygen atoms in total. The van der Waals surface area contributed by atoms with Crippen molar-refractivity contribution in [1.82, 2.24) is 10.3 Å². The van der Waals surface area contributed by atoms with E-state index in [4.69, 9.17) is 9.47 Å². The van der Waals surface area contributed by atoms with E-state index >= 15 is 0 Å². The highest BCUT2D eigenvalue weighted by molar-refractivity contribution is 5.42. The Morgan fingerprint density at radius 3 is 2.57 bits per heavy atom. The second-order valence-corrected chi connectivity index (χ2v) is 5.02. The molecule has 1 unspecified atom stereocenters. The third kappa shape index (κ3) is 3.95. The third-order valence-corrected chi connectivity index (χ3v) is 3.49. The lowest BCUT2D eigenvalue weighted by atomic mass is 10.1. The van der Waals surface area contributed by atoms with Crippen LogP contribution in [0.5, 0.6) is 11.5 Å². The SMILES string of the molecule is COc1ccc(OC)c(C(C)NCc2ccc(C)nc2)c1. The van der Waals surface area contributed by atoms with Crippen LogP contribution in [0.2, 0.25) is 0 Å². The molecule has 1 atom stereocenters. The van der Waals surface area contributed by atoms with Crippen LogP contribution in [0.15, 0.2) is 36.5 Å². The number of ether oxygens (including phenoxy) is 2. The minimum atomic E-state index is 0.149. The van der Waals surface area contributed by atoms with Crippen molar-refractivity contribution in [2.24, 2.45) is 0 Å². The van der Waals surface area contributed by atoms with Crippen LogP contribution in [0.1, 0.15) is 29.8 Å². The van der Waals surface area contributed by atoms with E-state index in [9.17, 15) is 0 Å². The molecular weight excluding hydrogens is 264 g/mol. The monoisotopic (exact) mass is 286 g/mol. The van der Waals surface area contributed by atoms with E-state index in [1.54, 1.807) is 14.2 Å². The quantitative estimate of drug-likeness (QED) is 0.885. The Morgan fingerprint density at radius 2 is 1.95 bits per heavy atom. The molecule has 0 bridgehead atoms. The molecule has 0 aliphatic carbocycles. The summed E-state index contributed by atoms with van der Waals surface area (Å²) in [4.78, 5) is 4.31. The van der Waals surface area contributed by atoms with Crippen molar-refractivity contribution in [3.05, 3.63) is 53.3 Å². The van der Waals surface area contributed by atoms with E-state index in [0.717, 1.165) is 34.9 Å². The number of benzene rings is 1. The van der Waals surface area contributed by atoms with Gasteiger partial charge in [-0.05, 0) is 43.7 Å². The van der Waals surface area contributed by atoms with Crippen LogP contribution in [0.4, 0.5) is 0 Å². The standard InChI is InChI=1S/C17H22N2O2/c1-12-5-6-14(10-18-12)11-19-13(2)16-9-15(20-3)7-8-17(16)21-4/h5-10,13,19H,11H2,1-4H3. The molecule has 1 aromatic heterocycles. The van der Waals surface area contributed by atoms with E-state index < -0.39 is 0 Å². The summed E-state index contributed by atoms with van der Waals surface area (Å²) in [6.07, 6.45) is 1.90. The summed E-state index contributed by atoms with van der Waals surface area (Å²) in [5, 5.41) is 3.49. The molecule has 0 saturated carbocycles. The van der Waals surface area contributed by atoms with Crippen molar-refractivity contribution in [2.45, 2.75) is 26.4 Å². The van der Waals surface area contributed by atoms with Crippen molar-refractivity contribution in [3.63, 3.8) is 0 Å². The molecule has 0 aliphatic heterocycles. The van der Waals surface area contributed by atoms with Gasteiger partial charge in [-0.3, -0.25) is 4.98 Å². The number of methoxy groups -OCH3 is 2. The van der Waals surface area contributed by atoms with Gasteiger partial charge in [0.15, 0.2) is 0 Å². The number of hydrogen-bond donors (Lipinski definition) is 1. The van der Waals surface area contributed by atoms with Crippen LogP contribution in [0, 0.1) is 6.92 Å². The minimum Gasteiger partial charge on any atom is -0.497 e. The van der Waals surface area contributed by atoms with Gasteiger partial charge in [0.05, 0.1) is 14.2 Å². The van der Waals surface area contributed by atoms with Gasteiger partial charge in [-0.1, -0.05) is 6.07 Å². The highest BCUT2D eigenvalue weighted by Crippen LogP contribution is 2.29. The lowest BCUT2D eigenvalue weighted by Gasteiger charge is -2.18. The van der Waals surface area contributed by atoms with Gasteiger partial charge in [0, 0.05) is 30.0 Å². The molecule has 0 spiro atoms. The van der Waals surface area contributed by atoms with Gasteiger partial charge in [-0.15, -0.1) is 0 Å². The van der Waals surface area contributed by atoms with Gasteiger partial charge in [0.1, 0.15) is 11.5 Å². The van der Waals surface area contributed by atoms with Crippen molar-refractivity contribution in [3.8, 4) is 11.5 Å². The topological polar surface area (TPSA) is 43.4 Å². The molecule has 21 heavy (non-hydrogen) atoms. The van der Waals surface area contributed by atoms with Gasteiger partial charge >= 0.3 is 0 Å². The summed E-state index contributed by atoms with van der Waals surface area (Å²) in [6.45, 7) is 4.86. The summed E-state index contributed by atoms with van der Waals surface area (Å²) in [6, 6.07) is 10.1. The molecule has 0 saturated heterocycles. The van der Waals surface area contributed by atoms with Gasteiger partial charge in [0.25, 0.3) is 0 Å². The second-order valence-electron chi connectivity index (χ2n) is 5.02. The van der Waals surface area contributed by atoms with Gasteiger partial charge in [-0.2, -0.15) is 0 Å². The van der Waals surface area contributed by atoms with E-state index in [1.807, 2.05) is 37.4 Å². The lowest BCUT2D eigenvalue weighted by molar-refractivity contribution is 0.391. The van der Waals surface area contributed by atoms with Crippen LogP contribution in [-0.4, -0.2) is 19.2 Å². The zero-order chi connectivity index (χ0) is 15.2. The summed E-state index contributed by atoms with van der Waals surface area (Å²) >= 11 is 0. The maximum Gasteiger partial charge on any atom is 0.123 e. The highest BCUT2D eigenvalue weighted by atomic mass is 16.5. The summed E-state index contributed by atoms with van der Waals surface area (Å²) in [5.41, 5.74) is 3.27. The van der Waals surface area contributed by atoms with Crippen LogP contribution in [0.25, 0.3) is 0 Å². The summed E-state index contributed by atoms with van der Waals surface area (Å²) in [7, 11) is 3.35. The fraction of sp³-hybridized carbons (Fsp3) is 0.353. The normalized spacial score (nSPS) is 12.0. The van der Waals surface area contributed by atoms with Crippen molar-refractivity contribution in [2.75, 3.05) is 14.2 Å². The van der Waals surface area contributed by atoms with Crippen LogP contribution in [-0.2, 0) is 6.54 Å². The lowest BCUT2D eigenvalue weighted by Crippen LogP contribution is -2.19. The fourth-order valence-electron chi connectivity index (χ4n) is 2.16. The molecule has 2 aromatic rings. The molecule has 2 rings (SSSR count). The number of aryl methyl sites for hydroxylation is 1. The van der Waals surface area contributed by atoms with Gasteiger partial charge < -0.3 is 14.8 Å². The molecule has 0 radical (unpaired) electrons. The first-order valence-electron chi connectivity index (χ1n) is 7.01. The largest absolute Gasteiger partial charge is 0.497 e. The van der Waals surface area contributed by atoms with E-state index in [-0.39, 0.29) is 6.04 Å². The smallest absolute Gasteiger partial charge is 0.123 e. The Hall–Kier alpha value is -2.07. The maximum atomic E-state index is 5.43. The molecule has 0 fully saturated rings. The number of aromatic nitrogens is 1. The first-order valence-corrected chi connectivity index (χ1v) is 7.01. The first kappa shape index (κ1) is 15.3. The van der Waals surface area contributed by atoms with Crippen LogP contribution < -0.4 is 14.8 Å². The second kappa shape index (κ2) is 7.09. The number of nitrogens with zero attached hydrogens (tertiary/aromatic N) is 1. The Kier molecular flexibility index (Phi) is 5.17. The Morgan fingerprint density at radius 1 is 1.14 bits per heavy atom. The zero-order valence-corrected chi connectivity index (χ0v) is 13.0.